The molecule has 3 atom stereocenters. The second-order valence-corrected chi connectivity index (χ2v) is 4.27. The van der Waals surface area contributed by atoms with Crippen molar-refractivity contribution in [3.63, 3.8) is 0 Å². The highest BCUT2D eigenvalue weighted by atomic mass is 16.4. The van der Waals surface area contributed by atoms with Gasteiger partial charge in [0.2, 0.25) is 0 Å². The monoisotopic (exact) mass is 207 g/mol. The number of fused-ring (bicyclic) bond motifs is 1. The van der Waals surface area contributed by atoms with E-state index in [2.05, 4.69) is 12.2 Å². The van der Waals surface area contributed by atoms with Crippen LogP contribution in [0.15, 0.2) is 12.2 Å². The van der Waals surface area contributed by atoms with Gasteiger partial charge < -0.3 is 14.7 Å². The van der Waals surface area contributed by atoms with Gasteiger partial charge in [0.25, 0.3) is 7.41 Å². The van der Waals surface area contributed by atoms with Gasteiger partial charge in [-0.2, -0.15) is 0 Å². The van der Waals surface area contributed by atoms with Crippen molar-refractivity contribution >= 4 is 19.6 Å². The molecule has 0 radical (unpaired) electrons. The molecule has 4 nitrogen and oxygen atoms in total. The highest BCUT2D eigenvalue weighted by Crippen LogP contribution is 2.37. The van der Waals surface area contributed by atoms with Crippen LogP contribution < -0.4 is 0 Å². The number of hydrogen-bond donors (Lipinski definition) is 1. The molecule has 5 heteroatoms. The SMILES string of the molecule is O=CBN1CC2CC=CCC2[C@H]1C(=O)O. The van der Waals surface area contributed by atoms with Crippen molar-refractivity contribution in [2.45, 2.75) is 18.9 Å². The van der Waals surface area contributed by atoms with Gasteiger partial charge in [-0.15, -0.1) is 0 Å². The topological polar surface area (TPSA) is 57.6 Å². The van der Waals surface area contributed by atoms with Crippen LogP contribution in [0.5, 0.6) is 0 Å². The zero-order valence-corrected chi connectivity index (χ0v) is 8.50. The van der Waals surface area contributed by atoms with Crippen molar-refractivity contribution in [1.29, 1.82) is 0 Å². The molecule has 0 saturated carbocycles. The standard InChI is InChI=1S/C10H14BNO3/c13-6-11-12-5-7-3-1-2-4-8(7)9(12)10(14)15/h1-2,6-9,11H,3-5H2,(H,14,15)/t7?,8?,9-/m0/s1. The number of hydrogen-bond acceptors (Lipinski definition) is 3. The molecule has 1 saturated heterocycles. The van der Waals surface area contributed by atoms with E-state index in [1.165, 1.54) is 0 Å². The number of carbonyl (C=O) groups is 2. The van der Waals surface area contributed by atoms with Crippen LogP contribution >= 0.6 is 0 Å². The summed E-state index contributed by atoms with van der Waals surface area (Å²) in [5, 5.41) is 9.17. The van der Waals surface area contributed by atoms with Gasteiger partial charge in [0.05, 0.1) is 6.19 Å². The molecule has 0 aromatic heterocycles. The summed E-state index contributed by atoms with van der Waals surface area (Å²) in [6.07, 6.45) is 6.74. The zero-order chi connectivity index (χ0) is 10.8. The molecule has 80 valence electrons. The van der Waals surface area contributed by atoms with Gasteiger partial charge in [-0.3, -0.25) is 4.79 Å². The molecule has 1 aliphatic carbocycles. The Morgan fingerprint density at radius 2 is 2.20 bits per heavy atom. The van der Waals surface area contributed by atoms with E-state index in [0.29, 0.717) is 5.92 Å². The second kappa shape index (κ2) is 4.19. The van der Waals surface area contributed by atoms with Crippen molar-refractivity contribution in [3.8, 4) is 0 Å². The number of rotatable bonds is 3. The van der Waals surface area contributed by atoms with Gasteiger partial charge in [0.15, 0.2) is 0 Å². The van der Waals surface area contributed by atoms with Crippen molar-refractivity contribution in [2.24, 2.45) is 11.8 Å². The van der Waals surface area contributed by atoms with Crippen LogP contribution in [-0.4, -0.2) is 42.1 Å². The minimum Gasteiger partial charge on any atom is -0.480 e. The van der Waals surface area contributed by atoms with Gasteiger partial charge in [-0.1, -0.05) is 12.2 Å². The van der Waals surface area contributed by atoms with E-state index < -0.39 is 12.0 Å². The van der Waals surface area contributed by atoms with Crippen molar-refractivity contribution in [2.75, 3.05) is 6.54 Å². The lowest BCUT2D eigenvalue weighted by Gasteiger charge is -2.24. The number of carboxylic acid groups (broad SMARTS) is 1. The van der Waals surface area contributed by atoms with E-state index in [0.717, 1.165) is 25.6 Å². The minimum absolute atomic E-state index is 0.187. The highest BCUT2D eigenvalue weighted by Gasteiger charge is 2.44. The Balaban J connectivity index is 2.16. The summed E-state index contributed by atoms with van der Waals surface area (Å²) in [5.41, 5.74) is 0. The van der Waals surface area contributed by atoms with Crippen molar-refractivity contribution in [3.05, 3.63) is 12.2 Å². The molecular weight excluding hydrogens is 193 g/mol. The molecule has 0 bridgehead atoms. The molecule has 1 aliphatic heterocycles. The number of allylic oxidation sites excluding steroid dienone is 2. The van der Waals surface area contributed by atoms with Crippen LogP contribution in [0.25, 0.3) is 0 Å². The predicted octanol–water partition coefficient (Wildman–Crippen LogP) is -0.121. The fourth-order valence-corrected chi connectivity index (χ4v) is 2.80. The summed E-state index contributed by atoms with van der Waals surface area (Å²) in [4.78, 5) is 23.4. The van der Waals surface area contributed by atoms with Crippen LogP contribution in [0, 0.1) is 11.8 Å². The molecule has 2 aliphatic rings. The number of carboxylic acids is 1. The summed E-state index contributed by atoms with van der Waals surface area (Å²) >= 11 is 0. The van der Waals surface area contributed by atoms with Crippen LogP contribution in [0.4, 0.5) is 0 Å². The number of carbonyl (C=O) groups excluding carboxylic acids is 1. The lowest BCUT2D eigenvalue weighted by Crippen LogP contribution is -2.42. The van der Waals surface area contributed by atoms with E-state index in [4.69, 9.17) is 5.11 Å². The van der Waals surface area contributed by atoms with Gasteiger partial charge in [-0.05, 0) is 31.2 Å². The first-order valence-corrected chi connectivity index (χ1v) is 5.29. The van der Waals surface area contributed by atoms with E-state index in [-0.39, 0.29) is 13.3 Å². The van der Waals surface area contributed by atoms with Gasteiger partial charge >= 0.3 is 5.97 Å². The Kier molecular flexibility index (Phi) is 2.91. The Morgan fingerprint density at radius 3 is 2.87 bits per heavy atom. The lowest BCUT2D eigenvalue weighted by molar-refractivity contribution is -0.142. The Labute approximate surface area is 89.2 Å². The van der Waals surface area contributed by atoms with E-state index in [1.807, 2.05) is 0 Å². The van der Waals surface area contributed by atoms with E-state index >= 15 is 0 Å². The maximum atomic E-state index is 11.2. The normalized spacial score (nSPS) is 34.8. The fraction of sp³-hybridized carbons (Fsp3) is 0.600. The third-order valence-electron chi connectivity index (χ3n) is 3.45. The summed E-state index contributed by atoms with van der Waals surface area (Å²) in [6, 6.07) is -0.467. The Hall–Kier alpha value is -1.10. The van der Waals surface area contributed by atoms with E-state index in [1.54, 1.807) is 4.81 Å². The average molecular weight is 207 g/mol. The largest absolute Gasteiger partial charge is 0.480 e. The third-order valence-corrected chi connectivity index (χ3v) is 3.45. The predicted molar refractivity (Wildman–Crippen MR) is 57.4 cm³/mol. The van der Waals surface area contributed by atoms with E-state index in [9.17, 15) is 9.59 Å². The second-order valence-electron chi connectivity index (χ2n) is 4.27. The van der Waals surface area contributed by atoms with Gasteiger partial charge in [0.1, 0.15) is 6.04 Å². The van der Waals surface area contributed by atoms with Crippen molar-refractivity contribution in [1.82, 2.24) is 4.81 Å². The highest BCUT2D eigenvalue weighted by molar-refractivity contribution is 6.64. The molecule has 0 spiro atoms. The van der Waals surface area contributed by atoms with Gasteiger partial charge in [0, 0.05) is 0 Å². The number of nitrogens with zero attached hydrogens (tertiary/aromatic N) is 1. The molecule has 1 fully saturated rings. The zero-order valence-electron chi connectivity index (χ0n) is 8.50. The Bertz CT molecular complexity index is 305. The minimum atomic E-state index is -0.792. The molecule has 0 aromatic carbocycles. The van der Waals surface area contributed by atoms with Crippen molar-refractivity contribution < 1.29 is 14.7 Å². The molecule has 0 aromatic rings. The summed E-state index contributed by atoms with van der Waals surface area (Å²) in [7, 11) is 0.240. The molecule has 1 N–H and O–H groups in total. The molecule has 0 amide bonds. The maximum Gasteiger partial charge on any atom is 0.320 e. The lowest BCUT2D eigenvalue weighted by atomic mass is 9.82. The first-order chi connectivity index (χ1) is 7.24. The molecule has 2 rings (SSSR count). The molecule has 15 heavy (non-hydrogen) atoms. The fourth-order valence-electron chi connectivity index (χ4n) is 2.80. The van der Waals surface area contributed by atoms with Crippen LogP contribution in [0.3, 0.4) is 0 Å². The van der Waals surface area contributed by atoms with Gasteiger partial charge in [-0.25, -0.2) is 0 Å². The Morgan fingerprint density at radius 1 is 1.47 bits per heavy atom. The molecule has 1 heterocycles. The number of aliphatic carboxylic acids is 1. The summed E-state index contributed by atoms with van der Waals surface area (Å²) in [5.74, 6) is -0.192. The van der Waals surface area contributed by atoms with Crippen LogP contribution in [-0.2, 0) is 9.59 Å². The summed E-state index contributed by atoms with van der Waals surface area (Å²) < 4.78 is 0. The third kappa shape index (κ3) is 1.84. The molecule has 2 unspecified atom stereocenters. The average Bonchev–Trinajstić information content (AvgIpc) is 2.56. The van der Waals surface area contributed by atoms with Crippen LogP contribution in [0.1, 0.15) is 12.8 Å². The smallest absolute Gasteiger partial charge is 0.320 e. The maximum absolute atomic E-state index is 11.2. The summed E-state index contributed by atoms with van der Waals surface area (Å²) in [6.45, 7) is 0.741. The quantitative estimate of drug-likeness (QED) is 0.398. The first-order valence-electron chi connectivity index (χ1n) is 5.29. The van der Waals surface area contributed by atoms with Crippen LogP contribution in [0.2, 0.25) is 0 Å². The molecular formula is C10H14BNO3. The first kappa shape index (κ1) is 10.4.